The number of rotatable bonds is 4. The molecule has 1 unspecified atom stereocenters. The summed E-state index contributed by atoms with van der Waals surface area (Å²) in [6.45, 7) is 2.56. The second kappa shape index (κ2) is 7.24. The van der Waals surface area contributed by atoms with Gasteiger partial charge in [0.15, 0.2) is 0 Å². The Balaban J connectivity index is 1.57. The second-order valence-electron chi connectivity index (χ2n) is 6.05. The fraction of sp³-hybridized carbons (Fsp3) is 0.625. The van der Waals surface area contributed by atoms with Crippen LogP contribution in [0.5, 0.6) is 0 Å². The maximum atomic E-state index is 12.5. The molecule has 0 spiro atoms. The molecule has 0 aromatic carbocycles. The first-order valence-electron chi connectivity index (χ1n) is 8.07. The van der Waals surface area contributed by atoms with E-state index in [0.29, 0.717) is 13.0 Å². The topological polar surface area (TPSA) is 61.4 Å². The van der Waals surface area contributed by atoms with Crippen LogP contribution in [-0.2, 0) is 16.0 Å². The number of nitrogens with zero attached hydrogens (tertiary/aromatic N) is 1. The Morgan fingerprint density at radius 1 is 1.36 bits per heavy atom. The van der Waals surface area contributed by atoms with E-state index in [9.17, 15) is 9.59 Å². The van der Waals surface area contributed by atoms with Gasteiger partial charge in [-0.1, -0.05) is 6.07 Å². The van der Waals surface area contributed by atoms with E-state index in [-0.39, 0.29) is 23.9 Å². The van der Waals surface area contributed by atoms with E-state index in [1.54, 1.807) is 16.2 Å². The molecule has 2 saturated heterocycles. The molecule has 0 bridgehead atoms. The van der Waals surface area contributed by atoms with Gasteiger partial charge in [0.2, 0.25) is 11.8 Å². The molecule has 2 N–H and O–H groups in total. The van der Waals surface area contributed by atoms with Crippen LogP contribution in [0.3, 0.4) is 0 Å². The minimum atomic E-state index is -0.283. The van der Waals surface area contributed by atoms with Crippen LogP contribution >= 0.6 is 11.3 Å². The molecule has 2 fully saturated rings. The van der Waals surface area contributed by atoms with E-state index in [1.165, 1.54) is 0 Å². The van der Waals surface area contributed by atoms with Gasteiger partial charge in [0.1, 0.15) is 6.04 Å². The van der Waals surface area contributed by atoms with Crippen molar-refractivity contribution in [2.45, 2.75) is 44.2 Å². The second-order valence-corrected chi connectivity index (χ2v) is 7.09. The molecule has 1 aromatic rings. The molecule has 0 saturated carbocycles. The lowest BCUT2D eigenvalue weighted by Crippen LogP contribution is -2.52. The lowest BCUT2D eigenvalue weighted by molar-refractivity contribution is -0.138. The van der Waals surface area contributed by atoms with Gasteiger partial charge in [0, 0.05) is 24.0 Å². The van der Waals surface area contributed by atoms with Crippen molar-refractivity contribution in [2.24, 2.45) is 0 Å². The maximum Gasteiger partial charge on any atom is 0.243 e. The van der Waals surface area contributed by atoms with E-state index in [0.717, 1.165) is 43.6 Å². The molecule has 2 atom stereocenters. The van der Waals surface area contributed by atoms with Crippen molar-refractivity contribution in [1.29, 1.82) is 0 Å². The SMILES string of the molecule is O=C(N[C@H]1CCCNC1)C1CCCN1C(=O)Cc1cccs1. The molecule has 2 aliphatic heterocycles. The Morgan fingerprint density at radius 2 is 2.27 bits per heavy atom. The van der Waals surface area contributed by atoms with Gasteiger partial charge in [-0.2, -0.15) is 0 Å². The maximum absolute atomic E-state index is 12.5. The van der Waals surface area contributed by atoms with Crippen molar-refractivity contribution >= 4 is 23.2 Å². The number of carbonyl (C=O) groups is 2. The quantitative estimate of drug-likeness (QED) is 0.874. The number of piperidine rings is 1. The third-order valence-corrected chi connectivity index (χ3v) is 5.30. The number of hydrogen-bond acceptors (Lipinski definition) is 4. The summed E-state index contributed by atoms with van der Waals surface area (Å²) in [5.74, 6) is 0.0904. The summed E-state index contributed by atoms with van der Waals surface area (Å²) in [4.78, 5) is 27.8. The van der Waals surface area contributed by atoms with Gasteiger partial charge in [-0.25, -0.2) is 0 Å². The number of thiophene rings is 1. The number of nitrogens with one attached hydrogen (secondary N) is 2. The summed E-state index contributed by atoms with van der Waals surface area (Å²) >= 11 is 1.59. The molecule has 2 amide bonds. The Morgan fingerprint density at radius 3 is 3.00 bits per heavy atom. The van der Waals surface area contributed by atoms with Crippen LogP contribution in [0.2, 0.25) is 0 Å². The first-order chi connectivity index (χ1) is 10.7. The first-order valence-corrected chi connectivity index (χ1v) is 8.95. The number of hydrogen-bond donors (Lipinski definition) is 2. The van der Waals surface area contributed by atoms with Gasteiger partial charge in [-0.05, 0) is 43.7 Å². The average Bonchev–Trinajstić information content (AvgIpc) is 3.19. The van der Waals surface area contributed by atoms with Gasteiger partial charge in [-0.3, -0.25) is 9.59 Å². The summed E-state index contributed by atoms with van der Waals surface area (Å²) in [6.07, 6.45) is 4.22. The van der Waals surface area contributed by atoms with Crippen LogP contribution in [0.15, 0.2) is 17.5 Å². The van der Waals surface area contributed by atoms with Crippen molar-refractivity contribution in [3.63, 3.8) is 0 Å². The molecule has 2 aliphatic rings. The van der Waals surface area contributed by atoms with Gasteiger partial charge in [-0.15, -0.1) is 11.3 Å². The van der Waals surface area contributed by atoms with Crippen LogP contribution in [-0.4, -0.2) is 48.4 Å². The highest BCUT2D eigenvalue weighted by atomic mass is 32.1. The van der Waals surface area contributed by atoms with Crippen molar-refractivity contribution in [2.75, 3.05) is 19.6 Å². The van der Waals surface area contributed by atoms with E-state index < -0.39 is 0 Å². The van der Waals surface area contributed by atoms with E-state index in [4.69, 9.17) is 0 Å². The normalized spacial score (nSPS) is 25.2. The van der Waals surface area contributed by atoms with E-state index in [1.807, 2.05) is 17.5 Å². The van der Waals surface area contributed by atoms with E-state index in [2.05, 4.69) is 10.6 Å². The fourth-order valence-corrected chi connectivity index (χ4v) is 3.97. The molecule has 0 radical (unpaired) electrons. The zero-order chi connectivity index (χ0) is 15.4. The van der Waals surface area contributed by atoms with Crippen LogP contribution < -0.4 is 10.6 Å². The van der Waals surface area contributed by atoms with Gasteiger partial charge in [0.05, 0.1) is 6.42 Å². The predicted molar refractivity (Wildman–Crippen MR) is 86.8 cm³/mol. The van der Waals surface area contributed by atoms with Crippen molar-refractivity contribution in [1.82, 2.24) is 15.5 Å². The van der Waals surface area contributed by atoms with Crippen LogP contribution in [0.25, 0.3) is 0 Å². The third kappa shape index (κ3) is 3.67. The first kappa shape index (κ1) is 15.5. The molecule has 0 aliphatic carbocycles. The Kier molecular flexibility index (Phi) is 5.10. The van der Waals surface area contributed by atoms with Gasteiger partial charge >= 0.3 is 0 Å². The zero-order valence-corrected chi connectivity index (χ0v) is 13.5. The molecule has 120 valence electrons. The molecule has 3 rings (SSSR count). The van der Waals surface area contributed by atoms with Gasteiger partial charge in [0.25, 0.3) is 0 Å². The standard InChI is InChI=1S/C16H23N3O2S/c20-15(10-13-5-3-9-22-13)19-8-2-6-14(19)16(21)18-12-4-1-7-17-11-12/h3,5,9,12,14,17H,1-2,4,6-8,10-11H2,(H,18,21)/t12-,14?/m0/s1. The average molecular weight is 321 g/mol. The Hall–Kier alpha value is -1.40. The lowest BCUT2D eigenvalue weighted by Gasteiger charge is -2.28. The summed E-state index contributed by atoms with van der Waals surface area (Å²) < 4.78 is 0. The summed E-state index contributed by atoms with van der Waals surface area (Å²) in [7, 11) is 0. The fourth-order valence-electron chi connectivity index (χ4n) is 3.27. The molecular formula is C16H23N3O2S. The highest BCUT2D eigenvalue weighted by molar-refractivity contribution is 7.10. The van der Waals surface area contributed by atoms with E-state index >= 15 is 0 Å². The largest absolute Gasteiger partial charge is 0.350 e. The molecule has 1 aromatic heterocycles. The van der Waals surface area contributed by atoms with Crippen molar-refractivity contribution in [3.8, 4) is 0 Å². The number of likely N-dealkylation sites (tertiary alicyclic amines) is 1. The van der Waals surface area contributed by atoms with Crippen LogP contribution in [0, 0.1) is 0 Å². The Bertz CT molecular complexity index is 511. The zero-order valence-electron chi connectivity index (χ0n) is 12.7. The minimum absolute atomic E-state index is 0.0192. The van der Waals surface area contributed by atoms with Crippen molar-refractivity contribution in [3.05, 3.63) is 22.4 Å². The summed E-state index contributed by atoms with van der Waals surface area (Å²) in [5, 5.41) is 8.39. The lowest BCUT2D eigenvalue weighted by atomic mass is 10.1. The minimum Gasteiger partial charge on any atom is -0.350 e. The number of carbonyl (C=O) groups excluding carboxylic acids is 2. The molecular weight excluding hydrogens is 298 g/mol. The molecule has 5 nitrogen and oxygen atoms in total. The van der Waals surface area contributed by atoms with Crippen molar-refractivity contribution < 1.29 is 9.59 Å². The Labute approximate surface area is 135 Å². The third-order valence-electron chi connectivity index (χ3n) is 4.42. The number of amides is 2. The smallest absolute Gasteiger partial charge is 0.243 e. The highest BCUT2D eigenvalue weighted by Crippen LogP contribution is 2.20. The monoisotopic (exact) mass is 321 g/mol. The van der Waals surface area contributed by atoms with Crippen LogP contribution in [0.1, 0.15) is 30.6 Å². The summed E-state index contributed by atoms with van der Waals surface area (Å²) in [5.41, 5.74) is 0. The van der Waals surface area contributed by atoms with Crippen LogP contribution in [0.4, 0.5) is 0 Å². The molecule has 3 heterocycles. The molecule has 6 heteroatoms. The molecule has 22 heavy (non-hydrogen) atoms. The highest BCUT2D eigenvalue weighted by Gasteiger charge is 2.34. The van der Waals surface area contributed by atoms with Gasteiger partial charge < -0.3 is 15.5 Å². The predicted octanol–water partition coefficient (Wildman–Crippen LogP) is 1.15. The summed E-state index contributed by atoms with van der Waals surface area (Å²) in [6, 6.07) is 3.85.